The number of carboxylic acid groups (broad SMARTS) is 1. The van der Waals surface area contributed by atoms with Gasteiger partial charge >= 0.3 is 11.9 Å². The van der Waals surface area contributed by atoms with E-state index >= 15 is 0 Å². The number of allylic oxidation sites excluding steroid dienone is 1. The first-order valence-electron chi connectivity index (χ1n) is 7.72. The van der Waals surface area contributed by atoms with Crippen molar-refractivity contribution in [3.63, 3.8) is 0 Å². The molecule has 0 bridgehead atoms. The summed E-state index contributed by atoms with van der Waals surface area (Å²) in [6.07, 6.45) is 2.92. The molecule has 2 rings (SSSR count). The van der Waals surface area contributed by atoms with E-state index in [2.05, 4.69) is 0 Å². The molecule has 1 N–H and O–H groups in total. The van der Waals surface area contributed by atoms with Crippen LogP contribution in [-0.4, -0.2) is 24.2 Å². The lowest BCUT2D eigenvalue weighted by atomic mass is 9.98. The smallest absolute Gasteiger partial charge is 0.307 e. The quantitative estimate of drug-likeness (QED) is 0.621. The summed E-state index contributed by atoms with van der Waals surface area (Å²) in [5.41, 5.74) is 3.81. The maximum Gasteiger partial charge on any atom is 0.307 e. The SMILES string of the molecule is COC(=O)CCC(=Cc1ccc(CC(=O)O)cc1)c1ccccc1. The summed E-state index contributed by atoms with van der Waals surface area (Å²) < 4.78 is 4.72. The highest BCUT2D eigenvalue weighted by Crippen LogP contribution is 2.23. The monoisotopic (exact) mass is 324 g/mol. The normalized spacial score (nSPS) is 11.1. The highest BCUT2D eigenvalue weighted by atomic mass is 16.5. The summed E-state index contributed by atoms with van der Waals surface area (Å²) in [6.45, 7) is 0. The zero-order valence-corrected chi connectivity index (χ0v) is 13.6. The van der Waals surface area contributed by atoms with Gasteiger partial charge in [-0.25, -0.2) is 0 Å². The van der Waals surface area contributed by atoms with E-state index in [0.717, 1.165) is 22.3 Å². The molecule has 0 atom stereocenters. The fourth-order valence-electron chi connectivity index (χ4n) is 2.40. The van der Waals surface area contributed by atoms with Crippen molar-refractivity contribution in [3.05, 3.63) is 71.3 Å². The summed E-state index contributed by atoms with van der Waals surface area (Å²) in [4.78, 5) is 22.2. The van der Waals surface area contributed by atoms with E-state index in [4.69, 9.17) is 9.84 Å². The van der Waals surface area contributed by atoms with Crippen molar-refractivity contribution >= 4 is 23.6 Å². The maximum absolute atomic E-state index is 11.4. The van der Waals surface area contributed by atoms with Gasteiger partial charge in [-0.1, -0.05) is 60.7 Å². The van der Waals surface area contributed by atoms with Crippen molar-refractivity contribution in [3.8, 4) is 0 Å². The first-order valence-corrected chi connectivity index (χ1v) is 7.72. The van der Waals surface area contributed by atoms with Crippen LogP contribution in [0.5, 0.6) is 0 Å². The van der Waals surface area contributed by atoms with Crippen LogP contribution in [0.3, 0.4) is 0 Å². The standard InChI is InChI=1S/C20H20O4/c1-24-20(23)12-11-18(17-5-3-2-4-6-17)13-15-7-9-16(10-8-15)14-19(21)22/h2-10,13H,11-12,14H2,1H3,(H,21,22). The number of carbonyl (C=O) groups excluding carboxylic acids is 1. The second-order valence-corrected chi connectivity index (χ2v) is 5.42. The van der Waals surface area contributed by atoms with Crippen molar-refractivity contribution in [2.24, 2.45) is 0 Å². The van der Waals surface area contributed by atoms with Crippen LogP contribution in [0.2, 0.25) is 0 Å². The molecule has 0 saturated carbocycles. The molecule has 24 heavy (non-hydrogen) atoms. The van der Waals surface area contributed by atoms with Gasteiger partial charge in [-0.3, -0.25) is 9.59 Å². The molecule has 0 amide bonds. The first-order chi connectivity index (χ1) is 11.6. The zero-order chi connectivity index (χ0) is 17.4. The van der Waals surface area contributed by atoms with Gasteiger partial charge in [-0.15, -0.1) is 0 Å². The lowest BCUT2D eigenvalue weighted by Gasteiger charge is -2.08. The summed E-state index contributed by atoms with van der Waals surface area (Å²) in [7, 11) is 1.38. The fraction of sp³-hybridized carbons (Fsp3) is 0.200. The molecule has 0 saturated heterocycles. The minimum absolute atomic E-state index is 0.0118. The number of benzene rings is 2. The van der Waals surface area contributed by atoms with Crippen LogP contribution in [0.25, 0.3) is 11.6 Å². The van der Waals surface area contributed by atoms with Gasteiger partial charge < -0.3 is 9.84 Å². The summed E-state index contributed by atoms with van der Waals surface area (Å²) in [6, 6.07) is 17.3. The van der Waals surface area contributed by atoms with Gasteiger partial charge in [-0.05, 0) is 28.7 Å². The van der Waals surface area contributed by atoms with Gasteiger partial charge in [0.1, 0.15) is 0 Å². The Kier molecular flexibility index (Phi) is 6.32. The molecule has 0 fully saturated rings. The minimum atomic E-state index is -0.846. The molecule has 0 heterocycles. The molecular formula is C20H20O4. The van der Waals surface area contributed by atoms with Crippen molar-refractivity contribution in [1.82, 2.24) is 0 Å². The third-order valence-corrected chi connectivity index (χ3v) is 3.65. The molecule has 4 nitrogen and oxygen atoms in total. The van der Waals surface area contributed by atoms with Crippen molar-refractivity contribution in [2.75, 3.05) is 7.11 Å². The molecule has 0 spiro atoms. The van der Waals surface area contributed by atoms with Crippen LogP contribution in [0.15, 0.2) is 54.6 Å². The van der Waals surface area contributed by atoms with Crippen molar-refractivity contribution < 1.29 is 19.4 Å². The van der Waals surface area contributed by atoms with Crippen LogP contribution in [0.4, 0.5) is 0 Å². The van der Waals surface area contributed by atoms with Gasteiger partial charge in [0.25, 0.3) is 0 Å². The first kappa shape index (κ1) is 17.5. The number of methoxy groups -OCH3 is 1. The predicted octanol–water partition coefficient (Wildman–Crippen LogP) is 3.81. The predicted molar refractivity (Wildman–Crippen MR) is 93.3 cm³/mol. The highest BCUT2D eigenvalue weighted by Gasteiger charge is 2.07. The number of carbonyl (C=O) groups is 2. The van der Waals surface area contributed by atoms with Gasteiger partial charge in [0, 0.05) is 6.42 Å². The second-order valence-electron chi connectivity index (χ2n) is 5.42. The minimum Gasteiger partial charge on any atom is -0.481 e. The molecule has 4 heteroatoms. The molecule has 124 valence electrons. The molecular weight excluding hydrogens is 304 g/mol. The van der Waals surface area contributed by atoms with E-state index in [9.17, 15) is 9.59 Å². The van der Waals surface area contributed by atoms with E-state index < -0.39 is 5.97 Å². The molecule has 2 aromatic carbocycles. The number of hydrogen-bond donors (Lipinski definition) is 1. The van der Waals surface area contributed by atoms with E-state index in [1.54, 1.807) is 0 Å². The largest absolute Gasteiger partial charge is 0.481 e. The summed E-state index contributed by atoms with van der Waals surface area (Å²) in [5, 5.41) is 8.82. The summed E-state index contributed by atoms with van der Waals surface area (Å²) in [5.74, 6) is -1.09. The maximum atomic E-state index is 11.4. The zero-order valence-electron chi connectivity index (χ0n) is 13.6. The van der Waals surface area contributed by atoms with Crippen molar-refractivity contribution in [1.29, 1.82) is 0 Å². The van der Waals surface area contributed by atoms with E-state index in [-0.39, 0.29) is 12.4 Å². The number of ether oxygens (including phenoxy) is 1. The van der Waals surface area contributed by atoms with Gasteiger partial charge in [0.2, 0.25) is 0 Å². The molecule has 0 aliphatic rings. The average molecular weight is 324 g/mol. The Morgan fingerprint density at radius 1 is 1.00 bits per heavy atom. The van der Waals surface area contributed by atoms with Gasteiger partial charge in [-0.2, -0.15) is 0 Å². The topological polar surface area (TPSA) is 63.6 Å². The molecule has 2 aromatic rings. The van der Waals surface area contributed by atoms with Gasteiger partial charge in [0.15, 0.2) is 0 Å². The molecule has 0 radical (unpaired) electrons. The van der Waals surface area contributed by atoms with Gasteiger partial charge in [0.05, 0.1) is 13.5 Å². The Bertz CT molecular complexity index is 715. The Balaban J connectivity index is 2.23. The third kappa shape index (κ3) is 5.39. The highest BCUT2D eigenvalue weighted by molar-refractivity contribution is 5.83. The van der Waals surface area contributed by atoms with Crippen LogP contribution in [0, 0.1) is 0 Å². The molecule has 0 aromatic heterocycles. The fourth-order valence-corrected chi connectivity index (χ4v) is 2.40. The van der Waals surface area contributed by atoms with E-state index in [1.165, 1.54) is 7.11 Å². The summed E-state index contributed by atoms with van der Waals surface area (Å²) >= 11 is 0. The molecule has 0 aliphatic heterocycles. The lowest BCUT2D eigenvalue weighted by molar-refractivity contribution is -0.140. The Morgan fingerprint density at radius 3 is 2.25 bits per heavy atom. The van der Waals surface area contributed by atoms with Crippen molar-refractivity contribution in [2.45, 2.75) is 19.3 Å². The number of esters is 1. The molecule has 0 unspecified atom stereocenters. The van der Waals surface area contributed by atoms with Crippen LogP contribution < -0.4 is 0 Å². The number of hydrogen-bond acceptors (Lipinski definition) is 3. The number of aliphatic carboxylic acids is 1. The average Bonchev–Trinajstić information content (AvgIpc) is 2.60. The Labute approximate surface area is 141 Å². The van der Waals surface area contributed by atoms with Crippen LogP contribution >= 0.6 is 0 Å². The Morgan fingerprint density at radius 2 is 1.67 bits per heavy atom. The number of rotatable bonds is 7. The van der Waals surface area contributed by atoms with Crippen LogP contribution in [-0.2, 0) is 20.7 Å². The number of carboxylic acids is 1. The van der Waals surface area contributed by atoms with Crippen LogP contribution in [0.1, 0.15) is 29.5 Å². The Hall–Kier alpha value is -2.88. The third-order valence-electron chi connectivity index (χ3n) is 3.65. The second kappa shape index (κ2) is 8.67. The van der Waals surface area contributed by atoms with E-state index in [0.29, 0.717) is 12.8 Å². The lowest BCUT2D eigenvalue weighted by Crippen LogP contribution is -2.00. The van der Waals surface area contributed by atoms with E-state index in [1.807, 2.05) is 60.7 Å². The molecule has 0 aliphatic carbocycles.